The van der Waals surface area contributed by atoms with Gasteiger partial charge in [0.05, 0.1) is 19.6 Å². The molecule has 0 radical (unpaired) electrons. The van der Waals surface area contributed by atoms with Crippen LogP contribution in [-0.4, -0.2) is 193 Å². The van der Waals surface area contributed by atoms with Gasteiger partial charge in [-0.15, -0.1) is 0 Å². The number of esters is 3. The predicted octanol–water partition coefficient (Wildman–Crippen LogP) is 11.4. The van der Waals surface area contributed by atoms with Crippen molar-refractivity contribution in [3.05, 3.63) is 197 Å². The van der Waals surface area contributed by atoms with E-state index < -0.39 is 119 Å². The highest BCUT2D eigenvalue weighted by Gasteiger charge is 2.45. The van der Waals surface area contributed by atoms with Crippen molar-refractivity contribution in [3.8, 4) is 28.4 Å². The highest BCUT2D eigenvalue weighted by atomic mass is 16.6. The molecule has 26 heteroatoms. The summed E-state index contributed by atoms with van der Waals surface area (Å²) < 4.78 is 39.8. The normalized spacial score (nSPS) is 15.7. The molecule has 0 saturated carbocycles. The number of carboxylic acids is 1. The number of carboxylic acid groups (broad SMARTS) is 1. The number of likely N-dealkylation sites (N-methyl/N-ethyl adjacent to an activating group) is 1. The van der Waals surface area contributed by atoms with Gasteiger partial charge in [0.15, 0.2) is 18.1 Å². The third-order valence-corrected chi connectivity index (χ3v) is 20.8. The fourth-order valence-electron chi connectivity index (χ4n) is 14.6. The number of fused-ring (bicyclic) bond motifs is 3. The first-order chi connectivity index (χ1) is 55.3. The van der Waals surface area contributed by atoms with Gasteiger partial charge in [-0.2, -0.15) is 0 Å². The Balaban J connectivity index is 0.833. The van der Waals surface area contributed by atoms with E-state index >= 15 is 4.79 Å². The minimum absolute atomic E-state index is 0.0660. The van der Waals surface area contributed by atoms with Crippen molar-refractivity contribution in [2.24, 2.45) is 11.3 Å². The van der Waals surface area contributed by atoms with Crippen molar-refractivity contribution in [2.75, 3.05) is 67.8 Å². The number of methoxy groups -OCH3 is 2. The van der Waals surface area contributed by atoms with Crippen molar-refractivity contribution in [1.29, 1.82) is 0 Å². The van der Waals surface area contributed by atoms with Crippen molar-refractivity contribution >= 4 is 71.1 Å². The van der Waals surface area contributed by atoms with E-state index in [9.17, 15) is 57.8 Å². The van der Waals surface area contributed by atoms with Gasteiger partial charge in [-0.1, -0.05) is 141 Å². The van der Waals surface area contributed by atoms with Crippen molar-refractivity contribution in [1.82, 2.24) is 30.2 Å². The van der Waals surface area contributed by atoms with E-state index in [2.05, 4.69) is 22.8 Å². The first kappa shape index (κ1) is 88.3. The lowest BCUT2D eigenvalue weighted by atomic mass is 9.87. The molecule has 2 fully saturated rings. The molecule has 6 amide bonds. The average Bonchev–Trinajstić information content (AvgIpc) is 1.61. The average molecular weight is 1590 g/mol. The molecule has 6 aromatic rings. The first-order valence-corrected chi connectivity index (χ1v) is 39.5. The Hall–Kier alpha value is -11.7. The second kappa shape index (κ2) is 41.0. The lowest BCUT2D eigenvalue weighted by molar-refractivity contribution is -0.165. The van der Waals surface area contributed by atoms with Gasteiger partial charge in [0, 0.05) is 71.4 Å². The minimum Gasteiger partial charge on any atom is -0.493 e. The zero-order valence-corrected chi connectivity index (χ0v) is 68.1. The number of likely N-dealkylation sites (tertiary alicyclic amines) is 2. The summed E-state index contributed by atoms with van der Waals surface area (Å²) in [6, 6.07) is 37.0. The number of aliphatic carboxylic acids is 1. The number of nitrogens with one attached hydrogen (secondary N) is 2. The maximum Gasteiger partial charge on any atom is 0.409 e. The topological polar surface area (TPSA) is 327 Å². The van der Waals surface area contributed by atoms with E-state index in [0.29, 0.717) is 65.2 Å². The predicted molar refractivity (Wildman–Crippen MR) is 431 cm³/mol. The number of hydrogen-bond acceptors (Lipinski definition) is 19. The number of aryl methyl sites for hydroxylation is 1. The zero-order valence-electron chi connectivity index (χ0n) is 68.1. The maximum absolute atomic E-state index is 15.0. The van der Waals surface area contributed by atoms with Crippen molar-refractivity contribution < 1.29 is 95.8 Å². The number of nitrogens with zero attached hydrogens (tertiary/aromatic N) is 4. The van der Waals surface area contributed by atoms with E-state index in [1.54, 1.807) is 119 Å². The molecule has 6 atom stereocenters. The first-order valence-electron chi connectivity index (χ1n) is 39.5. The van der Waals surface area contributed by atoms with E-state index in [1.807, 2.05) is 56.3 Å². The minimum atomic E-state index is -1.52. The van der Waals surface area contributed by atoms with Gasteiger partial charge in [0.2, 0.25) is 29.4 Å². The molecular formula is C90H108N6O20. The molecular weight excluding hydrogens is 1490 g/mol. The molecule has 26 nitrogen and oxygen atoms in total. The van der Waals surface area contributed by atoms with Gasteiger partial charge in [-0.3, -0.25) is 33.6 Å². The Kier molecular flexibility index (Phi) is 31.2. The molecule has 2 heterocycles. The van der Waals surface area contributed by atoms with Crippen LogP contribution < -0.4 is 24.8 Å². The van der Waals surface area contributed by atoms with Crippen LogP contribution in [0.25, 0.3) is 11.1 Å². The summed E-state index contributed by atoms with van der Waals surface area (Å²) in [5, 5.41) is 15.8. The molecule has 0 aromatic heterocycles. The largest absolute Gasteiger partial charge is 0.493 e. The monoisotopic (exact) mass is 1590 g/mol. The number of hydrogen-bond donors (Lipinski definition) is 3. The number of ether oxygens (including phenoxy) is 7. The number of amides is 6. The van der Waals surface area contributed by atoms with E-state index in [4.69, 9.17) is 33.2 Å². The van der Waals surface area contributed by atoms with Gasteiger partial charge in [0.25, 0.3) is 5.91 Å². The number of benzene rings is 6. The lowest BCUT2D eigenvalue weighted by Gasteiger charge is -2.36. The quantitative estimate of drug-likeness (QED) is 0.0140. The van der Waals surface area contributed by atoms with Crippen LogP contribution in [0.5, 0.6) is 17.2 Å². The molecule has 618 valence electrons. The van der Waals surface area contributed by atoms with Crippen LogP contribution in [-0.2, 0) is 90.9 Å². The molecule has 3 N–H and O–H groups in total. The molecule has 2 aliphatic heterocycles. The summed E-state index contributed by atoms with van der Waals surface area (Å²) >= 11 is 0. The van der Waals surface area contributed by atoms with E-state index in [0.717, 1.165) is 32.7 Å². The van der Waals surface area contributed by atoms with Crippen LogP contribution in [0.2, 0.25) is 0 Å². The van der Waals surface area contributed by atoms with Crippen molar-refractivity contribution in [3.63, 3.8) is 0 Å². The SMILES string of the molecule is COc1ccc(CC[C@@H](OC(=O)[C@@H]2CCCCN2C(=O)C(=O)C(C)(C)COC(=O)/C=C/CCN(C)C(=O)OCC2c3ccccc3-c3ccccc32)c2cccc(CC(=O)CCC(=O)N[C@H](C(=O)N[C@@H](Cc3ccc(OCC(=O)OC(C)(C)C)cc3)C(=O)N3CCC[C@@H]3C(=O)N(C)[C@@H](CC(C)C)C(=O)O)c3ccccc3)c2)cc1OC. The summed E-state index contributed by atoms with van der Waals surface area (Å²) in [6.45, 7) is 11.6. The van der Waals surface area contributed by atoms with Crippen LogP contribution in [0.3, 0.4) is 0 Å². The summed E-state index contributed by atoms with van der Waals surface area (Å²) in [5.41, 5.74) is 4.86. The molecule has 0 spiro atoms. The van der Waals surface area contributed by atoms with Gasteiger partial charge in [-0.25, -0.2) is 24.0 Å². The molecule has 9 rings (SSSR count). The smallest absolute Gasteiger partial charge is 0.409 e. The molecule has 116 heavy (non-hydrogen) atoms. The zero-order chi connectivity index (χ0) is 84.0. The molecule has 1 aliphatic carbocycles. The van der Waals surface area contributed by atoms with Crippen LogP contribution in [0.4, 0.5) is 4.79 Å². The summed E-state index contributed by atoms with van der Waals surface area (Å²) in [5.74, 6) is -7.06. The molecule has 6 aromatic carbocycles. The van der Waals surface area contributed by atoms with Crippen LogP contribution in [0.1, 0.15) is 170 Å². The van der Waals surface area contributed by atoms with E-state index in [-0.39, 0.29) is 108 Å². The number of rotatable bonds is 38. The molecule has 3 aliphatic rings. The van der Waals surface area contributed by atoms with Crippen molar-refractivity contribution in [2.45, 2.75) is 180 Å². The van der Waals surface area contributed by atoms with Crippen LogP contribution >= 0.6 is 0 Å². The molecule has 0 unspecified atom stereocenters. The second-order valence-electron chi connectivity index (χ2n) is 31.7. The highest BCUT2D eigenvalue weighted by Crippen LogP contribution is 2.45. The van der Waals surface area contributed by atoms with Gasteiger partial charge >= 0.3 is 30.0 Å². The Morgan fingerprint density at radius 1 is 0.664 bits per heavy atom. The van der Waals surface area contributed by atoms with Gasteiger partial charge in [-0.05, 0) is 173 Å². The fourth-order valence-corrected chi connectivity index (χ4v) is 14.6. The number of carbonyl (C=O) groups excluding carboxylic acids is 11. The highest BCUT2D eigenvalue weighted by molar-refractivity contribution is 6.38. The number of piperidine rings is 1. The standard InChI is InChI=1S/C90H108N6O20/c1-57(2)49-73(86(106)107)94(9)84(104)71-34-24-48-95(71)83(103)70(52-58-36-41-64(42-37-58)112-55-79(100)116-89(3,4)5)91-82(102)80(61-26-13-12-14-27-61)92-77(98)45-40-63(97)51-60-25-23-28-62(50-60)74(43-38-59-39-44-75(110-10)76(53-59)111-11)115-87(108)72-33-19-22-47-96(72)85(105)81(101)90(6,7)56-114-78(99)35-20-21-46-93(8)88(109)113-54-69-67-31-17-15-29-65(67)66-30-16-18-32-68(66)69/h12-18,20,23,25-32,35-37,39,41-42,44,50,53,57,69-74,80H,19,21-22,24,33-34,38,40,43,45-49,51-52,54-56H2,1-11H3,(H,91,102)(H,92,98)(H,106,107)/b35-20+/t70-,71+,72-,73-,74+,80-/m0/s1. The van der Waals surface area contributed by atoms with Gasteiger partial charge in [0.1, 0.15) is 66.7 Å². The fraction of sp³-hybridized carbons (Fsp3) is 0.444. The summed E-state index contributed by atoms with van der Waals surface area (Å²) in [4.78, 5) is 172. The third kappa shape index (κ3) is 24.2. The maximum atomic E-state index is 15.0. The van der Waals surface area contributed by atoms with E-state index in [1.165, 1.54) is 62.0 Å². The third-order valence-electron chi connectivity index (χ3n) is 20.8. The van der Waals surface area contributed by atoms with Crippen LogP contribution in [0.15, 0.2) is 158 Å². The number of ketones is 2. The van der Waals surface area contributed by atoms with Crippen LogP contribution in [0, 0.1) is 11.3 Å². The summed E-state index contributed by atoms with van der Waals surface area (Å²) in [7, 11) is 6.03. The second-order valence-corrected chi connectivity index (χ2v) is 31.7. The Labute approximate surface area is 677 Å². The Bertz CT molecular complexity index is 4490. The summed E-state index contributed by atoms with van der Waals surface area (Å²) in [6.07, 6.45) is 3.17. The number of carbonyl (C=O) groups is 12. The van der Waals surface area contributed by atoms with Gasteiger partial charge < -0.3 is 68.5 Å². The molecule has 0 bridgehead atoms. The molecule has 2 saturated heterocycles. The lowest BCUT2D eigenvalue weighted by Crippen LogP contribution is -2.57. The Morgan fingerprint density at radius 3 is 1.97 bits per heavy atom. The Morgan fingerprint density at radius 2 is 1.31 bits per heavy atom. The number of Topliss-reactive ketones (excluding diaryl/α,β-unsaturated/α-hetero) is 2.